The van der Waals surface area contributed by atoms with E-state index in [0.717, 1.165) is 6.42 Å². The van der Waals surface area contributed by atoms with Crippen LogP contribution in [0.4, 0.5) is 0 Å². The maximum atomic E-state index is 11.1. The Kier molecular flexibility index (Phi) is 1.15. The van der Waals surface area contributed by atoms with Crippen molar-refractivity contribution in [3.8, 4) is 0 Å². The van der Waals surface area contributed by atoms with Gasteiger partial charge in [0, 0.05) is 0 Å². The summed E-state index contributed by atoms with van der Waals surface area (Å²) in [5.74, 6) is 1.13. The molecule has 0 spiro atoms. The summed E-state index contributed by atoms with van der Waals surface area (Å²) in [6, 6.07) is 0. The van der Waals surface area contributed by atoms with Gasteiger partial charge in [0.1, 0.15) is 0 Å². The topological polar surface area (TPSA) is 60.2 Å². The lowest BCUT2D eigenvalue weighted by molar-refractivity contribution is 0.590. The van der Waals surface area contributed by atoms with Gasteiger partial charge < -0.3 is 5.73 Å². The second-order valence-electron chi connectivity index (χ2n) is 3.18. The molecule has 1 aliphatic heterocycles. The van der Waals surface area contributed by atoms with Gasteiger partial charge in [0.25, 0.3) is 0 Å². The second-order valence-corrected chi connectivity index (χ2v) is 5.46. The van der Waals surface area contributed by atoms with Crippen molar-refractivity contribution in [2.24, 2.45) is 17.6 Å². The molecule has 58 valence electrons. The van der Waals surface area contributed by atoms with Gasteiger partial charge in [0.05, 0.1) is 11.0 Å². The van der Waals surface area contributed by atoms with Crippen LogP contribution in [0.25, 0.3) is 0 Å². The molecule has 0 amide bonds. The van der Waals surface area contributed by atoms with Crippen LogP contribution in [0.15, 0.2) is 0 Å². The molecule has 0 bridgehead atoms. The van der Waals surface area contributed by atoms with E-state index in [-0.39, 0.29) is 5.25 Å². The summed E-state index contributed by atoms with van der Waals surface area (Å²) in [7, 11) is -2.69. The van der Waals surface area contributed by atoms with Gasteiger partial charge in [-0.3, -0.25) is 0 Å². The lowest BCUT2D eigenvalue weighted by atomic mass is 10.2. The molecule has 2 rings (SSSR count). The third-order valence-corrected chi connectivity index (χ3v) is 5.01. The van der Waals surface area contributed by atoms with Crippen molar-refractivity contribution in [3.63, 3.8) is 0 Å². The molecule has 10 heavy (non-hydrogen) atoms. The number of nitrogens with two attached hydrogens (primary N) is 1. The van der Waals surface area contributed by atoms with Gasteiger partial charge >= 0.3 is 0 Å². The highest BCUT2D eigenvalue weighted by Gasteiger charge is 2.60. The number of rotatable bonds is 1. The zero-order chi connectivity index (χ0) is 7.35. The van der Waals surface area contributed by atoms with Crippen molar-refractivity contribution < 1.29 is 8.42 Å². The van der Waals surface area contributed by atoms with Gasteiger partial charge in [-0.15, -0.1) is 0 Å². The first-order valence-corrected chi connectivity index (χ1v) is 5.30. The Morgan fingerprint density at radius 3 is 2.50 bits per heavy atom. The van der Waals surface area contributed by atoms with Crippen molar-refractivity contribution in [2.75, 3.05) is 12.3 Å². The predicted molar refractivity (Wildman–Crippen MR) is 38.2 cm³/mol. The Hall–Kier alpha value is -0.0900. The van der Waals surface area contributed by atoms with E-state index in [9.17, 15) is 8.42 Å². The van der Waals surface area contributed by atoms with Gasteiger partial charge in [0.2, 0.25) is 0 Å². The lowest BCUT2D eigenvalue weighted by Crippen LogP contribution is -2.15. The Balaban J connectivity index is 2.22. The highest BCUT2D eigenvalue weighted by Crippen LogP contribution is 2.51. The minimum absolute atomic E-state index is 0.0440. The van der Waals surface area contributed by atoms with Crippen LogP contribution >= 0.6 is 0 Å². The lowest BCUT2D eigenvalue weighted by Gasteiger charge is -1.97. The summed E-state index contributed by atoms with van der Waals surface area (Å²) < 4.78 is 22.2. The van der Waals surface area contributed by atoms with Crippen LogP contribution in [-0.4, -0.2) is 26.0 Å². The molecule has 1 heterocycles. The molecular formula is C6H11NO2S. The summed E-state index contributed by atoms with van der Waals surface area (Å²) >= 11 is 0. The fraction of sp³-hybridized carbons (Fsp3) is 1.00. The summed E-state index contributed by atoms with van der Waals surface area (Å²) in [4.78, 5) is 0. The quantitative estimate of drug-likeness (QED) is 0.557. The molecule has 3 nitrogen and oxygen atoms in total. The molecule has 2 aliphatic rings. The van der Waals surface area contributed by atoms with E-state index in [1.165, 1.54) is 0 Å². The fourth-order valence-corrected chi connectivity index (χ4v) is 4.56. The molecule has 0 aromatic carbocycles. The van der Waals surface area contributed by atoms with Crippen molar-refractivity contribution in [2.45, 2.75) is 11.7 Å². The highest BCUT2D eigenvalue weighted by molar-refractivity contribution is 7.92. The van der Waals surface area contributed by atoms with Crippen LogP contribution in [0.5, 0.6) is 0 Å². The molecular weight excluding hydrogens is 150 g/mol. The van der Waals surface area contributed by atoms with Crippen LogP contribution in [0.2, 0.25) is 0 Å². The van der Waals surface area contributed by atoms with Crippen LogP contribution in [0.3, 0.4) is 0 Å². The second kappa shape index (κ2) is 1.74. The van der Waals surface area contributed by atoms with Gasteiger partial charge in [-0.05, 0) is 24.8 Å². The fourth-order valence-electron chi connectivity index (χ4n) is 2.07. The largest absolute Gasteiger partial charge is 0.330 e. The molecule has 0 aromatic heterocycles. The zero-order valence-corrected chi connectivity index (χ0v) is 6.47. The first-order chi connectivity index (χ1) is 4.67. The smallest absolute Gasteiger partial charge is 0.153 e. The van der Waals surface area contributed by atoms with E-state index in [2.05, 4.69) is 0 Å². The van der Waals surface area contributed by atoms with Gasteiger partial charge in [-0.1, -0.05) is 0 Å². The molecule has 3 unspecified atom stereocenters. The average Bonchev–Trinajstić information content (AvgIpc) is 2.50. The van der Waals surface area contributed by atoms with E-state index in [4.69, 9.17) is 5.73 Å². The Labute approximate surface area is 60.5 Å². The SMILES string of the molecule is NCC1C2CCS(=O)(=O)C12. The normalized spacial score (nSPS) is 48.7. The molecule has 2 N–H and O–H groups in total. The third-order valence-electron chi connectivity index (χ3n) is 2.68. The number of sulfone groups is 1. The molecule has 1 aliphatic carbocycles. The van der Waals surface area contributed by atoms with Crippen molar-refractivity contribution >= 4 is 9.84 Å². The van der Waals surface area contributed by atoms with E-state index in [1.54, 1.807) is 0 Å². The van der Waals surface area contributed by atoms with Crippen LogP contribution in [0.1, 0.15) is 6.42 Å². The minimum Gasteiger partial charge on any atom is -0.330 e. The first kappa shape index (κ1) is 6.61. The van der Waals surface area contributed by atoms with Gasteiger partial charge in [0.15, 0.2) is 9.84 Å². The summed E-state index contributed by atoms with van der Waals surface area (Å²) in [6.07, 6.45) is 0.856. The van der Waals surface area contributed by atoms with E-state index in [1.807, 2.05) is 0 Å². The number of hydrogen-bond donors (Lipinski definition) is 1. The van der Waals surface area contributed by atoms with Crippen molar-refractivity contribution in [1.29, 1.82) is 0 Å². The summed E-state index contributed by atoms with van der Waals surface area (Å²) in [6.45, 7) is 0.550. The van der Waals surface area contributed by atoms with Gasteiger partial charge in [-0.2, -0.15) is 0 Å². The summed E-state index contributed by atoms with van der Waals surface area (Å²) in [5.41, 5.74) is 5.38. The number of fused-ring (bicyclic) bond motifs is 1. The maximum Gasteiger partial charge on any atom is 0.153 e. The average molecular weight is 161 g/mol. The molecule has 1 saturated carbocycles. The van der Waals surface area contributed by atoms with Crippen LogP contribution < -0.4 is 5.73 Å². The molecule has 2 fully saturated rings. The monoisotopic (exact) mass is 161 g/mol. The molecule has 0 radical (unpaired) electrons. The van der Waals surface area contributed by atoms with E-state index >= 15 is 0 Å². The van der Waals surface area contributed by atoms with Crippen LogP contribution in [-0.2, 0) is 9.84 Å². The summed E-state index contributed by atoms with van der Waals surface area (Å²) in [5, 5.41) is -0.0440. The third kappa shape index (κ3) is 0.661. The van der Waals surface area contributed by atoms with E-state index in [0.29, 0.717) is 24.1 Å². The standard InChI is InChI=1S/C6H11NO2S/c7-3-5-4-1-2-10(8,9)6(4)5/h4-6H,1-3,7H2. The van der Waals surface area contributed by atoms with Gasteiger partial charge in [-0.25, -0.2) is 8.42 Å². The molecule has 3 atom stereocenters. The van der Waals surface area contributed by atoms with Crippen LogP contribution in [0, 0.1) is 11.8 Å². The van der Waals surface area contributed by atoms with E-state index < -0.39 is 9.84 Å². The van der Waals surface area contributed by atoms with Crippen molar-refractivity contribution in [1.82, 2.24) is 0 Å². The zero-order valence-electron chi connectivity index (χ0n) is 5.66. The minimum atomic E-state index is -2.69. The Bertz CT molecular complexity index is 242. The first-order valence-electron chi connectivity index (χ1n) is 3.58. The molecule has 4 heteroatoms. The molecule has 1 saturated heterocycles. The predicted octanol–water partition coefficient (Wildman–Crippen LogP) is -0.622. The molecule has 0 aromatic rings. The Morgan fingerprint density at radius 1 is 1.50 bits per heavy atom. The Morgan fingerprint density at radius 2 is 2.20 bits per heavy atom. The maximum absolute atomic E-state index is 11.1. The highest BCUT2D eigenvalue weighted by atomic mass is 32.2. The number of hydrogen-bond acceptors (Lipinski definition) is 3. The van der Waals surface area contributed by atoms with Crippen molar-refractivity contribution in [3.05, 3.63) is 0 Å².